The maximum absolute atomic E-state index is 12.0. The topological polar surface area (TPSA) is 90.1 Å². The highest BCUT2D eigenvalue weighted by Crippen LogP contribution is 2.18. The van der Waals surface area contributed by atoms with Crippen LogP contribution in [0.4, 0.5) is 5.82 Å². The molecule has 3 N–H and O–H groups in total. The molecule has 1 aliphatic rings. The number of carbonyl (C=O) groups excluding carboxylic acids is 1. The first-order chi connectivity index (χ1) is 8.72. The third kappa shape index (κ3) is 2.76. The molecule has 0 aliphatic carbocycles. The van der Waals surface area contributed by atoms with Gasteiger partial charge in [-0.2, -0.15) is 0 Å². The van der Waals surface area contributed by atoms with E-state index in [0.29, 0.717) is 0 Å². The van der Waals surface area contributed by atoms with E-state index in [-0.39, 0.29) is 29.6 Å². The molecular weight excluding hydrogens is 232 g/mol. The Kier molecular flexibility index (Phi) is 4.09. The third-order valence-corrected chi connectivity index (χ3v) is 3.11. The maximum Gasteiger partial charge on any atom is 0.274 e. The fourth-order valence-corrected chi connectivity index (χ4v) is 2.14. The minimum Gasteiger partial charge on any atom is -0.382 e. The summed E-state index contributed by atoms with van der Waals surface area (Å²) in [5.41, 5.74) is 5.80. The summed E-state index contributed by atoms with van der Waals surface area (Å²) in [4.78, 5) is 19.8. The summed E-state index contributed by atoms with van der Waals surface area (Å²) >= 11 is 0. The number of ether oxygens (including phenoxy) is 1. The highest BCUT2D eigenvalue weighted by atomic mass is 16.5. The lowest BCUT2D eigenvalue weighted by Crippen LogP contribution is -2.43. The summed E-state index contributed by atoms with van der Waals surface area (Å²) in [5.74, 6) is -0.139. The average molecular weight is 250 g/mol. The SMILES string of the molecule is CCC(NC(=O)c1nccnc1N)C1CCCO1. The number of carbonyl (C=O) groups is 1. The number of amides is 1. The first-order valence-electron chi connectivity index (χ1n) is 6.21. The first-order valence-corrected chi connectivity index (χ1v) is 6.21. The lowest BCUT2D eigenvalue weighted by molar-refractivity contribution is 0.0663. The van der Waals surface area contributed by atoms with E-state index in [9.17, 15) is 4.79 Å². The predicted molar refractivity (Wildman–Crippen MR) is 67.0 cm³/mol. The van der Waals surface area contributed by atoms with Gasteiger partial charge in [-0.15, -0.1) is 0 Å². The van der Waals surface area contributed by atoms with Gasteiger partial charge in [0, 0.05) is 19.0 Å². The minimum absolute atomic E-state index is 0.00130. The highest BCUT2D eigenvalue weighted by Gasteiger charge is 2.27. The Balaban J connectivity index is 2.03. The second-order valence-corrected chi connectivity index (χ2v) is 4.33. The van der Waals surface area contributed by atoms with E-state index in [4.69, 9.17) is 10.5 Å². The van der Waals surface area contributed by atoms with Crippen molar-refractivity contribution < 1.29 is 9.53 Å². The van der Waals surface area contributed by atoms with Crippen molar-refractivity contribution in [1.29, 1.82) is 0 Å². The van der Waals surface area contributed by atoms with Gasteiger partial charge in [0.05, 0.1) is 12.1 Å². The van der Waals surface area contributed by atoms with Crippen molar-refractivity contribution in [1.82, 2.24) is 15.3 Å². The molecule has 0 bridgehead atoms. The zero-order valence-electron chi connectivity index (χ0n) is 10.4. The smallest absolute Gasteiger partial charge is 0.274 e. The summed E-state index contributed by atoms with van der Waals surface area (Å²) in [6.07, 6.45) is 5.86. The van der Waals surface area contributed by atoms with Gasteiger partial charge >= 0.3 is 0 Å². The van der Waals surface area contributed by atoms with E-state index in [2.05, 4.69) is 15.3 Å². The number of aromatic nitrogens is 2. The van der Waals surface area contributed by atoms with Crippen molar-refractivity contribution in [2.45, 2.75) is 38.3 Å². The zero-order chi connectivity index (χ0) is 13.0. The number of nitrogens with two attached hydrogens (primary N) is 1. The number of nitrogen functional groups attached to an aromatic ring is 1. The van der Waals surface area contributed by atoms with Gasteiger partial charge in [0.15, 0.2) is 11.5 Å². The van der Waals surface area contributed by atoms with Gasteiger partial charge in [-0.25, -0.2) is 9.97 Å². The normalized spacial score (nSPS) is 20.6. The molecule has 0 saturated carbocycles. The van der Waals surface area contributed by atoms with Crippen molar-refractivity contribution in [2.75, 3.05) is 12.3 Å². The lowest BCUT2D eigenvalue weighted by atomic mass is 10.1. The van der Waals surface area contributed by atoms with Crippen LogP contribution in [0.2, 0.25) is 0 Å². The van der Waals surface area contributed by atoms with Crippen molar-refractivity contribution in [3.8, 4) is 0 Å². The Morgan fingerprint density at radius 2 is 2.39 bits per heavy atom. The first kappa shape index (κ1) is 12.8. The highest BCUT2D eigenvalue weighted by molar-refractivity contribution is 5.96. The molecule has 6 heteroatoms. The van der Waals surface area contributed by atoms with E-state index in [0.717, 1.165) is 25.9 Å². The Morgan fingerprint density at radius 3 is 3.00 bits per heavy atom. The number of anilines is 1. The van der Waals surface area contributed by atoms with Gasteiger partial charge in [0.2, 0.25) is 0 Å². The predicted octanol–water partition coefficient (Wildman–Crippen LogP) is 0.746. The van der Waals surface area contributed by atoms with E-state index >= 15 is 0 Å². The van der Waals surface area contributed by atoms with Crippen LogP contribution < -0.4 is 11.1 Å². The number of rotatable bonds is 4. The van der Waals surface area contributed by atoms with Gasteiger partial charge in [0.1, 0.15) is 0 Å². The molecular formula is C12H18N4O2. The summed E-state index contributed by atoms with van der Waals surface area (Å²) in [5, 5.41) is 2.92. The van der Waals surface area contributed by atoms with Crippen LogP contribution in [0.15, 0.2) is 12.4 Å². The van der Waals surface area contributed by atoms with Crippen LogP contribution in [0.3, 0.4) is 0 Å². The standard InChI is InChI=1S/C12H18N4O2/c1-2-8(9-4-3-7-18-9)16-12(17)10-11(13)15-6-5-14-10/h5-6,8-9H,2-4,7H2,1H3,(H2,13,15)(H,16,17). The Labute approximate surface area is 106 Å². The number of hydrogen-bond acceptors (Lipinski definition) is 5. The number of nitrogens with zero attached hydrogens (tertiary/aromatic N) is 2. The zero-order valence-corrected chi connectivity index (χ0v) is 10.4. The van der Waals surface area contributed by atoms with Crippen LogP contribution in [0, 0.1) is 0 Å². The number of nitrogens with one attached hydrogen (secondary N) is 1. The molecule has 2 rings (SSSR count). The molecule has 2 atom stereocenters. The van der Waals surface area contributed by atoms with Gasteiger partial charge in [-0.3, -0.25) is 4.79 Å². The van der Waals surface area contributed by atoms with Crippen molar-refractivity contribution in [2.24, 2.45) is 0 Å². The molecule has 6 nitrogen and oxygen atoms in total. The van der Waals surface area contributed by atoms with E-state index in [1.807, 2.05) is 6.92 Å². The van der Waals surface area contributed by atoms with Crippen LogP contribution >= 0.6 is 0 Å². The van der Waals surface area contributed by atoms with Crippen LogP contribution in [-0.4, -0.2) is 34.6 Å². The van der Waals surface area contributed by atoms with Crippen LogP contribution in [0.1, 0.15) is 36.7 Å². The molecule has 1 saturated heterocycles. The van der Waals surface area contributed by atoms with Gasteiger partial charge in [-0.1, -0.05) is 6.92 Å². The maximum atomic E-state index is 12.0. The molecule has 1 amide bonds. The molecule has 1 aromatic rings. The van der Waals surface area contributed by atoms with Crippen molar-refractivity contribution in [3.63, 3.8) is 0 Å². The van der Waals surface area contributed by atoms with E-state index in [1.165, 1.54) is 12.4 Å². The molecule has 0 spiro atoms. The molecule has 18 heavy (non-hydrogen) atoms. The molecule has 0 radical (unpaired) electrons. The van der Waals surface area contributed by atoms with Crippen molar-refractivity contribution >= 4 is 11.7 Å². The Hall–Kier alpha value is -1.69. The average Bonchev–Trinajstić information content (AvgIpc) is 2.90. The van der Waals surface area contributed by atoms with Crippen molar-refractivity contribution in [3.05, 3.63) is 18.1 Å². The van der Waals surface area contributed by atoms with Crippen LogP contribution in [0.5, 0.6) is 0 Å². The Morgan fingerprint density at radius 1 is 1.61 bits per heavy atom. The minimum atomic E-state index is -0.289. The quantitative estimate of drug-likeness (QED) is 0.822. The Bertz CT molecular complexity index is 418. The molecule has 98 valence electrons. The van der Waals surface area contributed by atoms with Crippen LogP contribution in [0.25, 0.3) is 0 Å². The van der Waals surface area contributed by atoms with Gasteiger partial charge in [-0.05, 0) is 19.3 Å². The summed E-state index contributed by atoms with van der Waals surface area (Å²) in [6, 6.07) is 0.00130. The third-order valence-electron chi connectivity index (χ3n) is 3.11. The summed E-state index contributed by atoms with van der Waals surface area (Å²) in [6.45, 7) is 2.79. The van der Waals surface area contributed by atoms with Crippen LogP contribution in [-0.2, 0) is 4.74 Å². The largest absolute Gasteiger partial charge is 0.382 e. The molecule has 1 fully saturated rings. The summed E-state index contributed by atoms with van der Waals surface area (Å²) in [7, 11) is 0. The molecule has 1 aromatic heterocycles. The second kappa shape index (κ2) is 5.77. The lowest BCUT2D eigenvalue weighted by Gasteiger charge is -2.22. The van der Waals surface area contributed by atoms with E-state index in [1.54, 1.807) is 0 Å². The molecule has 2 heterocycles. The molecule has 0 aromatic carbocycles. The molecule has 2 unspecified atom stereocenters. The fourth-order valence-electron chi connectivity index (χ4n) is 2.14. The van der Waals surface area contributed by atoms with Gasteiger partial charge in [0.25, 0.3) is 5.91 Å². The summed E-state index contributed by atoms with van der Waals surface area (Å²) < 4.78 is 5.59. The fraction of sp³-hybridized carbons (Fsp3) is 0.583. The van der Waals surface area contributed by atoms with Gasteiger partial charge < -0.3 is 15.8 Å². The molecule has 1 aliphatic heterocycles. The monoisotopic (exact) mass is 250 g/mol. The number of hydrogen-bond donors (Lipinski definition) is 2. The second-order valence-electron chi connectivity index (χ2n) is 4.33. The van der Waals surface area contributed by atoms with E-state index < -0.39 is 0 Å².